The summed E-state index contributed by atoms with van der Waals surface area (Å²) >= 11 is 0. The number of aryl methyl sites for hydroxylation is 1. The first-order valence-corrected chi connectivity index (χ1v) is 9.73. The molecule has 0 unspecified atom stereocenters. The molecule has 1 aliphatic rings. The molecule has 150 valence electrons. The molecule has 1 aliphatic carbocycles. The molecule has 0 aliphatic heterocycles. The van der Waals surface area contributed by atoms with E-state index in [0.717, 1.165) is 29.3 Å². The Kier molecular flexibility index (Phi) is 6.14. The molecule has 1 saturated carbocycles. The molecule has 7 heteroatoms. The number of pyridine rings is 1. The van der Waals surface area contributed by atoms with Crippen LogP contribution in [0.5, 0.6) is 0 Å². The van der Waals surface area contributed by atoms with Gasteiger partial charge in [-0.3, -0.25) is 9.69 Å². The molecule has 0 atom stereocenters. The third-order valence-corrected chi connectivity index (χ3v) is 5.35. The summed E-state index contributed by atoms with van der Waals surface area (Å²) in [6.45, 7) is 6.72. The average Bonchev–Trinajstić information content (AvgIpc) is 2.63. The second-order valence-electron chi connectivity index (χ2n) is 7.12. The Hall–Kier alpha value is -2.67. The summed E-state index contributed by atoms with van der Waals surface area (Å²) in [5.74, 6) is -0.647. The first-order valence-electron chi connectivity index (χ1n) is 9.73. The van der Waals surface area contributed by atoms with E-state index in [4.69, 9.17) is 9.84 Å². The lowest BCUT2D eigenvalue weighted by Crippen LogP contribution is -2.51. The molecule has 1 heterocycles. The summed E-state index contributed by atoms with van der Waals surface area (Å²) in [5, 5.41) is 13.4. The molecule has 1 fully saturated rings. The van der Waals surface area contributed by atoms with Gasteiger partial charge in [0.1, 0.15) is 11.4 Å². The quantitative estimate of drug-likeness (QED) is 0.675. The summed E-state index contributed by atoms with van der Waals surface area (Å²) in [7, 11) is 0. The van der Waals surface area contributed by atoms with Gasteiger partial charge in [0.2, 0.25) is 0 Å². The van der Waals surface area contributed by atoms with Crippen LogP contribution >= 0.6 is 0 Å². The SMILES string of the molecule is CCOC(=O)c1c(NC2CC(N(CC)CC(=O)O)C2)nc2ccccc2c1C. The highest BCUT2D eigenvalue weighted by Gasteiger charge is 2.35. The van der Waals surface area contributed by atoms with E-state index in [0.29, 0.717) is 24.5 Å². The Morgan fingerprint density at radius 3 is 2.64 bits per heavy atom. The van der Waals surface area contributed by atoms with Crippen LogP contribution in [0.15, 0.2) is 24.3 Å². The van der Waals surface area contributed by atoms with Crippen molar-refractivity contribution in [1.29, 1.82) is 0 Å². The number of anilines is 1. The van der Waals surface area contributed by atoms with Crippen molar-refractivity contribution in [3.05, 3.63) is 35.4 Å². The van der Waals surface area contributed by atoms with E-state index in [-0.39, 0.29) is 24.6 Å². The van der Waals surface area contributed by atoms with E-state index >= 15 is 0 Å². The summed E-state index contributed by atoms with van der Waals surface area (Å²) in [4.78, 5) is 30.2. The van der Waals surface area contributed by atoms with E-state index < -0.39 is 5.97 Å². The lowest BCUT2D eigenvalue weighted by Gasteiger charge is -2.42. The maximum atomic E-state index is 12.6. The van der Waals surface area contributed by atoms with Gasteiger partial charge < -0.3 is 15.2 Å². The molecular formula is C21H27N3O4. The van der Waals surface area contributed by atoms with Gasteiger partial charge in [0.25, 0.3) is 0 Å². The summed E-state index contributed by atoms with van der Waals surface area (Å²) in [5.41, 5.74) is 2.15. The molecule has 0 bridgehead atoms. The number of rotatable bonds is 8. The van der Waals surface area contributed by atoms with Crippen LogP contribution in [0.25, 0.3) is 10.9 Å². The molecule has 3 rings (SSSR count). The maximum absolute atomic E-state index is 12.6. The van der Waals surface area contributed by atoms with E-state index in [1.54, 1.807) is 6.92 Å². The zero-order chi connectivity index (χ0) is 20.3. The van der Waals surface area contributed by atoms with Crippen LogP contribution < -0.4 is 5.32 Å². The standard InChI is InChI=1S/C21H27N3O4/c1-4-24(12-18(25)26)15-10-14(11-15)22-20-19(21(27)28-5-2)13(3)16-8-6-7-9-17(16)23-20/h6-9,14-15H,4-5,10-12H2,1-3H3,(H,22,23)(H,25,26). The number of benzene rings is 1. The smallest absolute Gasteiger partial charge is 0.342 e. The van der Waals surface area contributed by atoms with Crippen molar-refractivity contribution < 1.29 is 19.4 Å². The number of esters is 1. The second-order valence-corrected chi connectivity index (χ2v) is 7.12. The van der Waals surface area contributed by atoms with Crippen LogP contribution in [0.2, 0.25) is 0 Å². The fraction of sp³-hybridized carbons (Fsp3) is 0.476. The van der Waals surface area contributed by atoms with Crippen molar-refractivity contribution in [1.82, 2.24) is 9.88 Å². The van der Waals surface area contributed by atoms with Crippen LogP contribution in [0.4, 0.5) is 5.82 Å². The summed E-state index contributed by atoms with van der Waals surface area (Å²) in [6, 6.07) is 8.11. The molecule has 0 saturated heterocycles. The number of aliphatic carboxylic acids is 1. The van der Waals surface area contributed by atoms with E-state index in [1.807, 2.05) is 43.0 Å². The second kappa shape index (κ2) is 8.56. The van der Waals surface area contributed by atoms with Crippen molar-refractivity contribution in [2.75, 3.05) is 25.0 Å². The Morgan fingerprint density at radius 1 is 1.29 bits per heavy atom. The van der Waals surface area contributed by atoms with Crippen LogP contribution in [0.3, 0.4) is 0 Å². The average molecular weight is 385 g/mol. The number of fused-ring (bicyclic) bond motifs is 1. The number of para-hydroxylation sites is 1. The van der Waals surface area contributed by atoms with Gasteiger partial charge in [-0.25, -0.2) is 9.78 Å². The minimum Gasteiger partial charge on any atom is -0.480 e. The Balaban J connectivity index is 1.82. The first-order chi connectivity index (χ1) is 13.4. The Labute approximate surface area is 164 Å². The predicted octanol–water partition coefficient (Wildman–Crippen LogP) is 3.07. The highest BCUT2D eigenvalue weighted by molar-refractivity contribution is 6.02. The topological polar surface area (TPSA) is 91.8 Å². The summed E-state index contributed by atoms with van der Waals surface area (Å²) in [6.07, 6.45) is 1.63. The Bertz CT molecular complexity index is 877. The minimum absolute atomic E-state index is 0.0509. The Morgan fingerprint density at radius 2 is 2.00 bits per heavy atom. The number of carboxylic acid groups (broad SMARTS) is 1. The van der Waals surface area contributed by atoms with Gasteiger partial charge in [0.15, 0.2) is 0 Å². The van der Waals surface area contributed by atoms with Crippen LogP contribution in [-0.4, -0.2) is 58.7 Å². The molecule has 0 spiro atoms. The van der Waals surface area contributed by atoms with Crippen molar-refractivity contribution in [3.63, 3.8) is 0 Å². The van der Waals surface area contributed by atoms with Crippen molar-refractivity contribution >= 4 is 28.7 Å². The first kappa shape index (κ1) is 20.1. The number of hydrogen-bond donors (Lipinski definition) is 2. The largest absolute Gasteiger partial charge is 0.480 e. The third-order valence-electron chi connectivity index (χ3n) is 5.35. The fourth-order valence-electron chi connectivity index (χ4n) is 3.80. The van der Waals surface area contributed by atoms with E-state index in [9.17, 15) is 9.59 Å². The molecule has 1 aromatic carbocycles. The zero-order valence-electron chi connectivity index (χ0n) is 16.6. The van der Waals surface area contributed by atoms with Gasteiger partial charge >= 0.3 is 11.9 Å². The predicted molar refractivity (Wildman–Crippen MR) is 108 cm³/mol. The number of carbonyl (C=O) groups is 2. The monoisotopic (exact) mass is 385 g/mol. The summed E-state index contributed by atoms with van der Waals surface area (Å²) < 4.78 is 5.26. The number of hydrogen-bond acceptors (Lipinski definition) is 6. The highest BCUT2D eigenvalue weighted by atomic mass is 16.5. The van der Waals surface area contributed by atoms with Gasteiger partial charge in [-0.2, -0.15) is 0 Å². The highest BCUT2D eigenvalue weighted by Crippen LogP contribution is 2.32. The zero-order valence-corrected chi connectivity index (χ0v) is 16.6. The number of aromatic nitrogens is 1. The number of carbonyl (C=O) groups excluding carboxylic acids is 1. The van der Waals surface area contributed by atoms with Gasteiger partial charge in [0.05, 0.1) is 18.7 Å². The number of likely N-dealkylation sites (N-methyl/N-ethyl adjacent to an activating group) is 1. The number of nitrogens with zero attached hydrogens (tertiary/aromatic N) is 2. The van der Waals surface area contributed by atoms with Crippen molar-refractivity contribution in [2.24, 2.45) is 0 Å². The molecule has 28 heavy (non-hydrogen) atoms. The van der Waals surface area contributed by atoms with Gasteiger partial charge in [-0.05, 0) is 44.9 Å². The number of carboxylic acids is 1. The fourth-order valence-corrected chi connectivity index (χ4v) is 3.80. The van der Waals surface area contributed by atoms with Gasteiger partial charge in [-0.15, -0.1) is 0 Å². The number of nitrogens with one attached hydrogen (secondary N) is 1. The molecule has 7 nitrogen and oxygen atoms in total. The maximum Gasteiger partial charge on any atom is 0.342 e. The van der Waals surface area contributed by atoms with E-state index in [2.05, 4.69) is 10.3 Å². The van der Waals surface area contributed by atoms with Crippen LogP contribution in [-0.2, 0) is 9.53 Å². The van der Waals surface area contributed by atoms with Crippen molar-refractivity contribution in [3.8, 4) is 0 Å². The minimum atomic E-state index is -0.810. The molecule has 0 amide bonds. The third kappa shape index (κ3) is 4.09. The normalized spacial score (nSPS) is 18.7. The number of ether oxygens (including phenoxy) is 1. The lowest BCUT2D eigenvalue weighted by molar-refractivity contribution is -0.139. The van der Waals surface area contributed by atoms with Crippen LogP contribution in [0, 0.1) is 6.92 Å². The molecule has 2 N–H and O–H groups in total. The van der Waals surface area contributed by atoms with E-state index in [1.165, 1.54) is 0 Å². The molecule has 2 aromatic rings. The van der Waals surface area contributed by atoms with Crippen LogP contribution in [0.1, 0.15) is 42.6 Å². The van der Waals surface area contributed by atoms with Gasteiger partial charge in [0, 0.05) is 17.5 Å². The lowest BCUT2D eigenvalue weighted by atomic mass is 9.85. The molecule has 1 aromatic heterocycles. The molecule has 0 radical (unpaired) electrons. The molecular weight excluding hydrogens is 358 g/mol. The van der Waals surface area contributed by atoms with Crippen molar-refractivity contribution in [2.45, 2.75) is 45.7 Å². The van der Waals surface area contributed by atoms with Gasteiger partial charge in [-0.1, -0.05) is 25.1 Å².